The van der Waals surface area contributed by atoms with E-state index >= 15 is 0 Å². The molecule has 3 heterocycles. The molecule has 0 fully saturated rings. The van der Waals surface area contributed by atoms with Gasteiger partial charge in [-0.25, -0.2) is 15.0 Å². The van der Waals surface area contributed by atoms with Crippen molar-refractivity contribution in [2.24, 2.45) is 0 Å². The summed E-state index contributed by atoms with van der Waals surface area (Å²) in [6, 6.07) is 62.0. The Morgan fingerprint density at radius 1 is 0.368 bits per heavy atom. The Kier molecular flexibility index (Phi) is 7.81. The van der Waals surface area contributed by atoms with Crippen molar-refractivity contribution in [2.75, 3.05) is 0 Å². The van der Waals surface area contributed by atoms with Crippen molar-refractivity contribution in [3.63, 3.8) is 0 Å². The van der Waals surface area contributed by atoms with Crippen LogP contribution in [0.25, 0.3) is 95.5 Å². The van der Waals surface area contributed by atoms with Gasteiger partial charge in [0.05, 0.1) is 22.2 Å². The van der Waals surface area contributed by atoms with Gasteiger partial charge in [0, 0.05) is 44.2 Å². The normalized spacial score (nSPS) is 12.4. The minimum atomic E-state index is 0.637. The van der Waals surface area contributed by atoms with Crippen molar-refractivity contribution in [1.29, 1.82) is 0 Å². The van der Waals surface area contributed by atoms with Crippen LogP contribution in [0.2, 0.25) is 0 Å². The third-order valence-corrected chi connectivity index (χ3v) is 11.0. The number of nitrogens with zero attached hydrogens (tertiary/aromatic N) is 5. The smallest absolute Gasteiger partial charge is 0.164 e. The van der Waals surface area contributed by atoms with Gasteiger partial charge in [-0.1, -0.05) is 140 Å². The SMILES string of the molecule is C1=CCc2c(n(-c3ccccc3)c3cc(-c4ccc5c6ccccc6n(-c6ccc(-c7nc(-c8ccccc8)nc(-c8ccccc8)n7)cc6)c5c4)ccc23)C=C1. The molecule has 7 aromatic carbocycles. The van der Waals surface area contributed by atoms with Gasteiger partial charge in [0.1, 0.15) is 0 Å². The summed E-state index contributed by atoms with van der Waals surface area (Å²) in [5.74, 6) is 1.94. The van der Waals surface area contributed by atoms with Crippen molar-refractivity contribution in [3.05, 3.63) is 205 Å². The number of para-hydroxylation sites is 2. The van der Waals surface area contributed by atoms with E-state index in [1.54, 1.807) is 0 Å². The first-order chi connectivity index (χ1) is 28.3. The van der Waals surface area contributed by atoms with Crippen LogP contribution in [0.1, 0.15) is 11.3 Å². The maximum Gasteiger partial charge on any atom is 0.164 e. The Labute approximate surface area is 330 Å². The van der Waals surface area contributed by atoms with E-state index in [9.17, 15) is 0 Å². The summed E-state index contributed by atoms with van der Waals surface area (Å²) in [6.45, 7) is 0. The number of hydrogen-bond acceptors (Lipinski definition) is 3. The molecule has 0 spiro atoms. The average molecular weight is 730 g/mol. The summed E-state index contributed by atoms with van der Waals surface area (Å²) < 4.78 is 4.79. The predicted octanol–water partition coefficient (Wildman–Crippen LogP) is 12.7. The zero-order valence-electron chi connectivity index (χ0n) is 31.0. The fourth-order valence-electron chi connectivity index (χ4n) is 8.34. The number of aromatic nitrogens is 5. The fraction of sp³-hybridized carbons (Fsp3) is 0.0192. The van der Waals surface area contributed by atoms with E-state index in [2.05, 4.69) is 149 Å². The van der Waals surface area contributed by atoms with Gasteiger partial charge in [0.2, 0.25) is 0 Å². The van der Waals surface area contributed by atoms with E-state index < -0.39 is 0 Å². The van der Waals surface area contributed by atoms with Crippen molar-refractivity contribution in [1.82, 2.24) is 24.1 Å². The molecule has 0 saturated heterocycles. The second-order valence-electron chi connectivity index (χ2n) is 14.4. The molecule has 0 N–H and O–H groups in total. The molecule has 11 rings (SSSR count). The molecule has 0 atom stereocenters. The fourth-order valence-corrected chi connectivity index (χ4v) is 8.34. The van der Waals surface area contributed by atoms with Crippen LogP contribution in [0.15, 0.2) is 194 Å². The van der Waals surface area contributed by atoms with Crippen LogP contribution in [0, 0.1) is 0 Å². The summed E-state index contributed by atoms with van der Waals surface area (Å²) in [4.78, 5) is 14.8. The first-order valence-corrected chi connectivity index (χ1v) is 19.3. The van der Waals surface area contributed by atoms with Gasteiger partial charge in [-0.3, -0.25) is 0 Å². The summed E-state index contributed by atoms with van der Waals surface area (Å²) >= 11 is 0. The molecule has 0 radical (unpaired) electrons. The van der Waals surface area contributed by atoms with Gasteiger partial charge in [-0.2, -0.15) is 0 Å². The lowest BCUT2D eigenvalue weighted by molar-refractivity contribution is 1.07. The van der Waals surface area contributed by atoms with Gasteiger partial charge in [0.25, 0.3) is 0 Å². The zero-order chi connectivity index (χ0) is 37.7. The quantitative estimate of drug-likeness (QED) is 0.171. The van der Waals surface area contributed by atoms with E-state index in [0.29, 0.717) is 17.5 Å². The average Bonchev–Trinajstić information content (AvgIpc) is 3.66. The van der Waals surface area contributed by atoms with E-state index in [0.717, 1.165) is 45.5 Å². The van der Waals surface area contributed by atoms with Crippen LogP contribution in [-0.2, 0) is 6.42 Å². The number of fused-ring (bicyclic) bond motifs is 6. The maximum absolute atomic E-state index is 4.97. The van der Waals surface area contributed by atoms with E-state index in [1.807, 2.05) is 60.7 Å². The third-order valence-electron chi connectivity index (χ3n) is 11.0. The van der Waals surface area contributed by atoms with Gasteiger partial charge < -0.3 is 9.13 Å². The van der Waals surface area contributed by atoms with Crippen molar-refractivity contribution in [3.8, 4) is 56.7 Å². The highest BCUT2D eigenvalue weighted by molar-refractivity contribution is 6.10. The Bertz CT molecular complexity index is 3110. The molecule has 0 aliphatic heterocycles. The standard InChI is InChI=1S/C52H35N5/c1-5-15-35(16-6-1)50-53-51(36-17-7-2-8-18-36)55-52(54-50)37-25-29-41(30-26-37)57-47-24-14-13-22-43(47)45-32-28-39(34-49(45)57)38-27-31-44-42-21-11-4-12-23-46(42)56(48(44)33-38)40-19-9-3-10-20-40/h1-20,22-34H,21H2. The van der Waals surface area contributed by atoms with Gasteiger partial charge in [-0.15, -0.1) is 0 Å². The summed E-state index contributed by atoms with van der Waals surface area (Å²) in [6.07, 6.45) is 9.69. The molecule has 3 aromatic heterocycles. The van der Waals surface area contributed by atoms with Crippen molar-refractivity contribution in [2.45, 2.75) is 6.42 Å². The highest BCUT2D eigenvalue weighted by Crippen LogP contribution is 2.38. The second-order valence-corrected chi connectivity index (χ2v) is 14.4. The van der Waals surface area contributed by atoms with E-state index in [1.165, 1.54) is 44.1 Å². The molecule has 1 aliphatic carbocycles. The molecule has 268 valence electrons. The van der Waals surface area contributed by atoms with Gasteiger partial charge >= 0.3 is 0 Å². The molecule has 0 saturated carbocycles. The van der Waals surface area contributed by atoms with Crippen molar-refractivity contribution >= 4 is 38.8 Å². The van der Waals surface area contributed by atoms with Crippen LogP contribution in [0.3, 0.4) is 0 Å². The highest BCUT2D eigenvalue weighted by Gasteiger charge is 2.19. The molecule has 5 heteroatoms. The Morgan fingerprint density at radius 3 is 1.51 bits per heavy atom. The lowest BCUT2D eigenvalue weighted by Crippen LogP contribution is -2.00. The predicted molar refractivity (Wildman–Crippen MR) is 235 cm³/mol. The zero-order valence-corrected chi connectivity index (χ0v) is 31.0. The lowest BCUT2D eigenvalue weighted by atomic mass is 10.0. The first kappa shape index (κ1) is 32.8. The molecule has 0 bridgehead atoms. The molecule has 5 nitrogen and oxygen atoms in total. The molecule has 10 aromatic rings. The second kappa shape index (κ2) is 13.6. The minimum Gasteiger partial charge on any atom is -0.310 e. The third kappa shape index (κ3) is 5.68. The number of hydrogen-bond donors (Lipinski definition) is 0. The molecule has 57 heavy (non-hydrogen) atoms. The van der Waals surface area contributed by atoms with Crippen molar-refractivity contribution < 1.29 is 0 Å². The Hall–Kier alpha value is -7.63. The first-order valence-electron chi connectivity index (χ1n) is 19.3. The summed E-state index contributed by atoms with van der Waals surface area (Å²) in [5, 5.41) is 3.72. The highest BCUT2D eigenvalue weighted by atomic mass is 15.0. The lowest BCUT2D eigenvalue weighted by Gasteiger charge is -2.12. The number of allylic oxidation sites excluding steroid dienone is 3. The Morgan fingerprint density at radius 2 is 0.860 bits per heavy atom. The number of benzene rings is 7. The molecular weight excluding hydrogens is 695 g/mol. The molecule has 0 unspecified atom stereocenters. The Balaban J connectivity index is 1.04. The van der Waals surface area contributed by atoms with Gasteiger partial charge in [0.15, 0.2) is 17.5 Å². The largest absolute Gasteiger partial charge is 0.310 e. The van der Waals surface area contributed by atoms with E-state index in [-0.39, 0.29) is 0 Å². The van der Waals surface area contributed by atoms with Crippen LogP contribution in [0.4, 0.5) is 0 Å². The molecule has 0 amide bonds. The van der Waals surface area contributed by atoms with E-state index in [4.69, 9.17) is 15.0 Å². The summed E-state index contributed by atoms with van der Waals surface area (Å²) in [7, 11) is 0. The van der Waals surface area contributed by atoms with Crippen LogP contribution in [-0.4, -0.2) is 24.1 Å². The van der Waals surface area contributed by atoms with Crippen LogP contribution >= 0.6 is 0 Å². The minimum absolute atomic E-state index is 0.637. The molecule has 1 aliphatic rings. The maximum atomic E-state index is 4.97. The van der Waals surface area contributed by atoms with Crippen LogP contribution < -0.4 is 0 Å². The summed E-state index contributed by atoms with van der Waals surface area (Å²) in [5.41, 5.74) is 13.5. The molecular formula is C52H35N5. The number of rotatable bonds is 6. The monoisotopic (exact) mass is 729 g/mol. The van der Waals surface area contributed by atoms with Gasteiger partial charge in [-0.05, 0) is 83.8 Å². The van der Waals surface area contributed by atoms with Crippen LogP contribution in [0.5, 0.6) is 0 Å². The topological polar surface area (TPSA) is 48.5 Å².